The highest BCUT2D eigenvalue weighted by Gasteiger charge is 2.37. The van der Waals surface area contributed by atoms with Gasteiger partial charge in [0.15, 0.2) is 0 Å². The minimum atomic E-state index is -0.675. The first-order valence-corrected chi connectivity index (χ1v) is 10.2. The van der Waals surface area contributed by atoms with Crippen LogP contribution in [0.25, 0.3) is 5.69 Å². The van der Waals surface area contributed by atoms with Gasteiger partial charge in [-0.1, -0.05) is 48.5 Å². The molecule has 156 valence electrons. The van der Waals surface area contributed by atoms with Gasteiger partial charge in [0.2, 0.25) is 0 Å². The van der Waals surface area contributed by atoms with Gasteiger partial charge in [-0.2, -0.15) is 0 Å². The summed E-state index contributed by atoms with van der Waals surface area (Å²) in [5, 5.41) is 3.21. The van der Waals surface area contributed by atoms with E-state index in [4.69, 9.17) is 4.74 Å². The highest BCUT2D eigenvalue weighted by Crippen LogP contribution is 2.41. The molecule has 2 aromatic carbocycles. The van der Waals surface area contributed by atoms with E-state index in [0.717, 1.165) is 5.56 Å². The van der Waals surface area contributed by atoms with E-state index in [9.17, 15) is 14.4 Å². The van der Waals surface area contributed by atoms with Gasteiger partial charge in [0, 0.05) is 5.70 Å². The number of aromatic nitrogens is 2. The standard InChI is InChI=1S/C23H22BN3O4/c1-2-31-22(29)18-16(13-24)25-20-19(17(18)14-9-5-3-6-10-14)21(28)26-23(30)27(20)15-11-7-4-8-12-15/h3-12,17,25H,2,13,24H2,1H3,(H,26,28,30). The van der Waals surface area contributed by atoms with E-state index in [1.54, 1.807) is 19.1 Å². The molecule has 31 heavy (non-hydrogen) atoms. The maximum Gasteiger partial charge on any atom is 0.336 e. The van der Waals surface area contributed by atoms with Crippen molar-refractivity contribution in [3.63, 3.8) is 0 Å². The number of H-pyrrole nitrogens is 1. The summed E-state index contributed by atoms with van der Waals surface area (Å²) in [5.74, 6) is -0.798. The molecule has 0 saturated carbocycles. The number of nitrogens with zero attached hydrogens (tertiary/aromatic N) is 1. The molecule has 2 heterocycles. The number of allylic oxidation sites excluding steroid dienone is 1. The van der Waals surface area contributed by atoms with Crippen molar-refractivity contribution in [3.05, 3.63) is 104 Å². The lowest BCUT2D eigenvalue weighted by Gasteiger charge is -2.31. The highest BCUT2D eigenvalue weighted by molar-refractivity contribution is 6.11. The predicted octanol–water partition coefficient (Wildman–Crippen LogP) is 1.95. The molecule has 0 aliphatic carbocycles. The molecule has 1 unspecified atom stereocenters. The SMILES string of the molecule is BCC1=C(C(=O)OCC)C(c2ccccc2)c2c(n(-c3ccccc3)c(=O)[nH]c2=O)N1. The zero-order valence-corrected chi connectivity index (χ0v) is 17.3. The number of para-hydroxylation sites is 1. The Morgan fingerprint density at radius 1 is 1.06 bits per heavy atom. The number of carbonyl (C=O) groups excluding carboxylic acids is 1. The third-order valence-electron chi connectivity index (χ3n) is 5.31. The number of esters is 1. The average Bonchev–Trinajstić information content (AvgIpc) is 2.79. The second-order valence-corrected chi connectivity index (χ2v) is 7.13. The zero-order chi connectivity index (χ0) is 22.0. The Bertz CT molecular complexity index is 1260. The van der Waals surface area contributed by atoms with Crippen LogP contribution in [0, 0.1) is 0 Å². The lowest BCUT2D eigenvalue weighted by Crippen LogP contribution is -2.39. The Labute approximate surface area is 179 Å². The molecule has 1 aromatic heterocycles. The van der Waals surface area contributed by atoms with Crippen LogP contribution in [-0.2, 0) is 9.53 Å². The molecule has 0 spiro atoms. The fraction of sp³-hybridized carbons (Fsp3) is 0.174. The molecular formula is C23H22BN3O4. The van der Waals surface area contributed by atoms with Gasteiger partial charge in [0.1, 0.15) is 13.7 Å². The van der Waals surface area contributed by atoms with E-state index >= 15 is 0 Å². The van der Waals surface area contributed by atoms with Crippen LogP contribution in [0.1, 0.15) is 24.0 Å². The van der Waals surface area contributed by atoms with Crippen LogP contribution in [0.15, 0.2) is 81.5 Å². The van der Waals surface area contributed by atoms with Gasteiger partial charge in [0.25, 0.3) is 5.56 Å². The minimum Gasteiger partial charge on any atom is -0.463 e. The Kier molecular flexibility index (Phi) is 5.62. The van der Waals surface area contributed by atoms with E-state index in [-0.39, 0.29) is 6.61 Å². The molecule has 0 fully saturated rings. The Morgan fingerprint density at radius 2 is 1.71 bits per heavy atom. The molecule has 0 radical (unpaired) electrons. The maximum absolute atomic E-state index is 13.1. The molecule has 0 amide bonds. The van der Waals surface area contributed by atoms with E-state index in [0.29, 0.717) is 34.7 Å². The van der Waals surface area contributed by atoms with Crippen molar-refractivity contribution in [1.29, 1.82) is 0 Å². The molecule has 8 heteroatoms. The van der Waals surface area contributed by atoms with Crippen molar-refractivity contribution in [2.45, 2.75) is 19.2 Å². The van der Waals surface area contributed by atoms with Crippen molar-refractivity contribution in [2.75, 3.05) is 11.9 Å². The summed E-state index contributed by atoms with van der Waals surface area (Å²) in [7, 11) is 1.91. The van der Waals surface area contributed by atoms with Gasteiger partial charge in [-0.05, 0) is 30.9 Å². The Balaban J connectivity index is 2.07. The summed E-state index contributed by atoms with van der Waals surface area (Å²) in [6.45, 7) is 1.96. The summed E-state index contributed by atoms with van der Waals surface area (Å²) in [5.41, 5.74) is 1.59. The summed E-state index contributed by atoms with van der Waals surface area (Å²) < 4.78 is 6.78. The molecule has 1 aliphatic heterocycles. The monoisotopic (exact) mass is 415 g/mol. The summed E-state index contributed by atoms with van der Waals surface area (Å²) >= 11 is 0. The van der Waals surface area contributed by atoms with Gasteiger partial charge < -0.3 is 10.1 Å². The largest absolute Gasteiger partial charge is 0.463 e. The molecule has 0 saturated heterocycles. The zero-order valence-electron chi connectivity index (χ0n) is 17.3. The molecule has 1 atom stereocenters. The Morgan fingerprint density at radius 3 is 2.32 bits per heavy atom. The molecule has 1 aliphatic rings. The van der Waals surface area contributed by atoms with Gasteiger partial charge in [-0.25, -0.2) is 14.2 Å². The van der Waals surface area contributed by atoms with Crippen LogP contribution >= 0.6 is 0 Å². The number of fused-ring (bicyclic) bond motifs is 1. The van der Waals surface area contributed by atoms with Gasteiger partial charge in [-0.3, -0.25) is 9.78 Å². The number of hydrogen-bond acceptors (Lipinski definition) is 5. The number of rotatable bonds is 5. The van der Waals surface area contributed by atoms with Crippen LogP contribution in [-0.4, -0.2) is 30.0 Å². The maximum atomic E-state index is 13.1. The van der Waals surface area contributed by atoms with E-state index in [1.165, 1.54) is 4.57 Å². The van der Waals surface area contributed by atoms with Gasteiger partial charge in [0.05, 0.1) is 29.3 Å². The van der Waals surface area contributed by atoms with Crippen LogP contribution in [0.5, 0.6) is 0 Å². The third kappa shape index (κ3) is 3.61. The van der Waals surface area contributed by atoms with E-state index in [1.807, 2.05) is 56.4 Å². The summed E-state index contributed by atoms with van der Waals surface area (Å²) in [6, 6.07) is 18.4. The number of aromatic amines is 1. The smallest absolute Gasteiger partial charge is 0.336 e. The molecule has 4 rings (SSSR count). The van der Waals surface area contributed by atoms with Gasteiger partial charge in [-0.15, -0.1) is 0 Å². The quantitative estimate of drug-likeness (QED) is 0.491. The van der Waals surface area contributed by atoms with Crippen LogP contribution < -0.4 is 16.6 Å². The predicted molar refractivity (Wildman–Crippen MR) is 122 cm³/mol. The van der Waals surface area contributed by atoms with Crippen molar-refractivity contribution in [3.8, 4) is 5.69 Å². The van der Waals surface area contributed by atoms with Crippen molar-refractivity contribution in [1.82, 2.24) is 9.55 Å². The van der Waals surface area contributed by atoms with E-state index < -0.39 is 23.1 Å². The van der Waals surface area contributed by atoms with Crippen molar-refractivity contribution in [2.24, 2.45) is 0 Å². The number of nitrogens with one attached hydrogen (secondary N) is 2. The fourth-order valence-corrected chi connectivity index (χ4v) is 4.00. The second kappa shape index (κ2) is 8.51. The number of hydrogen-bond donors (Lipinski definition) is 2. The topological polar surface area (TPSA) is 93.2 Å². The third-order valence-corrected chi connectivity index (χ3v) is 5.31. The van der Waals surface area contributed by atoms with Crippen LogP contribution in [0.4, 0.5) is 5.82 Å². The molecule has 2 N–H and O–H groups in total. The summed E-state index contributed by atoms with van der Waals surface area (Å²) in [4.78, 5) is 41.3. The lowest BCUT2D eigenvalue weighted by atomic mass is 9.80. The van der Waals surface area contributed by atoms with E-state index in [2.05, 4.69) is 10.3 Å². The van der Waals surface area contributed by atoms with Crippen molar-refractivity contribution >= 4 is 19.6 Å². The Hall–Kier alpha value is -3.81. The first-order valence-electron chi connectivity index (χ1n) is 10.2. The summed E-state index contributed by atoms with van der Waals surface area (Å²) in [6.07, 6.45) is 0.493. The number of benzene rings is 2. The normalized spacial score (nSPS) is 15.2. The number of anilines is 1. The average molecular weight is 415 g/mol. The first-order chi connectivity index (χ1) is 15.1. The highest BCUT2D eigenvalue weighted by atomic mass is 16.5. The number of carbonyl (C=O) groups is 1. The minimum absolute atomic E-state index is 0.216. The second-order valence-electron chi connectivity index (χ2n) is 7.13. The molecule has 3 aromatic rings. The lowest BCUT2D eigenvalue weighted by molar-refractivity contribution is -0.138. The number of ether oxygens (including phenoxy) is 1. The fourth-order valence-electron chi connectivity index (χ4n) is 4.00. The van der Waals surface area contributed by atoms with Crippen LogP contribution in [0.3, 0.4) is 0 Å². The van der Waals surface area contributed by atoms with Gasteiger partial charge >= 0.3 is 11.7 Å². The molecular weight excluding hydrogens is 393 g/mol. The van der Waals surface area contributed by atoms with Crippen molar-refractivity contribution < 1.29 is 9.53 Å². The van der Waals surface area contributed by atoms with Crippen LogP contribution in [0.2, 0.25) is 6.32 Å². The molecule has 7 nitrogen and oxygen atoms in total. The molecule has 0 bridgehead atoms. The first kappa shape index (κ1) is 20.5.